The molecule has 0 aromatic rings. The summed E-state index contributed by atoms with van der Waals surface area (Å²) in [5.41, 5.74) is 0. The van der Waals surface area contributed by atoms with Gasteiger partial charge in [0.05, 0.1) is 9.53 Å². The molecule has 0 saturated heterocycles. The number of rotatable bonds is 2. The van der Waals surface area contributed by atoms with Crippen molar-refractivity contribution in [3.05, 3.63) is 0 Å². The van der Waals surface area contributed by atoms with Gasteiger partial charge in [-0.2, -0.15) is 12.6 Å². The van der Waals surface area contributed by atoms with E-state index in [4.69, 9.17) is 4.74 Å². The number of halogens is 2. The van der Waals surface area contributed by atoms with Crippen molar-refractivity contribution >= 4 is 65.7 Å². The van der Waals surface area contributed by atoms with Gasteiger partial charge in [0.15, 0.2) is 0 Å². The SMILES string of the molecule is B[C@@H](C)O[C@H]1[C@H](I)[C@H](C)[C@@H]2C(S)[C@]12I. The first-order valence-corrected chi connectivity index (χ1v) is 7.91. The van der Waals surface area contributed by atoms with Crippen molar-refractivity contribution in [2.75, 3.05) is 0 Å². The monoisotopic (exact) mass is 436 g/mol. The molecule has 0 spiro atoms. The summed E-state index contributed by atoms with van der Waals surface area (Å²) in [6.45, 7) is 4.46. The Morgan fingerprint density at radius 1 is 1.57 bits per heavy atom. The third kappa shape index (κ3) is 1.59. The molecule has 0 bridgehead atoms. The highest BCUT2D eigenvalue weighted by Gasteiger charge is 2.75. The lowest BCUT2D eigenvalue weighted by molar-refractivity contribution is 0.0442. The number of hydrogen-bond acceptors (Lipinski definition) is 2. The molecule has 2 aliphatic rings. The van der Waals surface area contributed by atoms with Gasteiger partial charge in [-0.05, 0) is 18.8 Å². The van der Waals surface area contributed by atoms with E-state index in [0.717, 1.165) is 11.8 Å². The van der Waals surface area contributed by atoms with Crippen LogP contribution >= 0.6 is 57.8 Å². The lowest BCUT2D eigenvalue weighted by atomic mass is 10.0. The van der Waals surface area contributed by atoms with Crippen LogP contribution in [-0.2, 0) is 4.74 Å². The molecule has 0 radical (unpaired) electrons. The Hall–Kier alpha value is 1.83. The molecule has 0 aromatic heterocycles. The zero-order valence-corrected chi connectivity index (χ0v) is 13.8. The van der Waals surface area contributed by atoms with Crippen molar-refractivity contribution in [2.45, 2.75) is 38.6 Å². The van der Waals surface area contributed by atoms with E-state index in [1.165, 1.54) is 0 Å². The standard InChI is InChI=1S/C9H15BI2OS/c1-3-5-8(14)9(5,12)7(6(3)11)13-4(2)10/h3-8,14H,10H2,1-2H3/t3-,4-,5-,6-,7+,8?,9-/m1/s1. The number of thiol groups is 1. The highest BCUT2D eigenvalue weighted by atomic mass is 127. The molecule has 7 atom stereocenters. The van der Waals surface area contributed by atoms with Crippen LogP contribution in [0.3, 0.4) is 0 Å². The largest absolute Gasteiger partial charge is 0.382 e. The van der Waals surface area contributed by atoms with Crippen LogP contribution in [0.4, 0.5) is 0 Å². The summed E-state index contributed by atoms with van der Waals surface area (Å²) in [6.07, 6.45) is 0.395. The lowest BCUT2D eigenvalue weighted by Gasteiger charge is -2.27. The first kappa shape index (κ1) is 12.3. The molecular weight excluding hydrogens is 421 g/mol. The van der Waals surface area contributed by atoms with Crippen LogP contribution in [0.1, 0.15) is 13.8 Å². The molecule has 2 fully saturated rings. The maximum atomic E-state index is 6.06. The molecule has 2 rings (SSSR count). The highest BCUT2D eigenvalue weighted by molar-refractivity contribution is 14.1. The first-order valence-electron chi connectivity index (χ1n) is 5.07. The summed E-state index contributed by atoms with van der Waals surface area (Å²) in [5, 5.41) is 0.549. The van der Waals surface area contributed by atoms with Gasteiger partial charge in [0.25, 0.3) is 0 Å². The smallest absolute Gasteiger partial charge is 0.138 e. The van der Waals surface area contributed by atoms with E-state index in [1.54, 1.807) is 0 Å². The van der Waals surface area contributed by atoms with Gasteiger partial charge >= 0.3 is 0 Å². The fraction of sp³-hybridized carbons (Fsp3) is 1.00. The van der Waals surface area contributed by atoms with E-state index in [0.29, 0.717) is 24.7 Å². The second-order valence-corrected chi connectivity index (χ2v) is 8.57. The van der Waals surface area contributed by atoms with Crippen molar-refractivity contribution in [1.29, 1.82) is 0 Å². The molecule has 80 valence electrons. The third-order valence-electron chi connectivity index (χ3n) is 3.41. The first-order chi connectivity index (χ1) is 6.40. The molecule has 5 heteroatoms. The Labute approximate surface area is 120 Å². The zero-order chi connectivity index (χ0) is 10.7. The van der Waals surface area contributed by atoms with Gasteiger partial charge in [0.2, 0.25) is 0 Å². The summed E-state index contributed by atoms with van der Waals surface area (Å²) < 4.78 is 7.03. The van der Waals surface area contributed by atoms with Crippen molar-refractivity contribution < 1.29 is 4.74 Å². The van der Waals surface area contributed by atoms with Crippen molar-refractivity contribution in [2.24, 2.45) is 11.8 Å². The van der Waals surface area contributed by atoms with E-state index < -0.39 is 0 Å². The summed E-state index contributed by atoms with van der Waals surface area (Å²) in [6, 6.07) is 0.330. The van der Waals surface area contributed by atoms with E-state index in [1.807, 2.05) is 0 Å². The van der Waals surface area contributed by atoms with Crippen LogP contribution in [-0.4, -0.2) is 32.5 Å². The second kappa shape index (κ2) is 3.94. The molecule has 14 heavy (non-hydrogen) atoms. The van der Waals surface area contributed by atoms with Gasteiger partial charge in [0, 0.05) is 15.2 Å². The number of fused-ring (bicyclic) bond motifs is 1. The van der Waals surface area contributed by atoms with Gasteiger partial charge in [-0.1, -0.05) is 52.1 Å². The molecule has 0 aromatic carbocycles. The van der Waals surface area contributed by atoms with Gasteiger partial charge in [-0.25, -0.2) is 0 Å². The Kier molecular flexibility index (Phi) is 3.46. The minimum absolute atomic E-state index is 0.316. The average Bonchev–Trinajstić information content (AvgIpc) is 2.57. The van der Waals surface area contributed by atoms with E-state index >= 15 is 0 Å². The van der Waals surface area contributed by atoms with Crippen LogP contribution in [0, 0.1) is 11.8 Å². The summed E-state index contributed by atoms with van der Waals surface area (Å²) >= 11 is 9.82. The molecule has 0 heterocycles. The van der Waals surface area contributed by atoms with Crippen molar-refractivity contribution in [1.82, 2.24) is 0 Å². The minimum Gasteiger partial charge on any atom is -0.382 e. The maximum absolute atomic E-state index is 6.06. The summed E-state index contributed by atoms with van der Waals surface area (Å²) in [5.74, 6) is 1.51. The summed E-state index contributed by atoms with van der Waals surface area (Å²) in [4.78, 5) is 0. The third-order valence-corrected chi connectivity index (χ3v) is 8.44. The molecule has 2 aliphatic carbocycles. The zero-order valence-electron chi connectivity index (χ0n) is 8.58. The Balaban J connectivity index is 2.15. The predicted octanol–water partition coefficient (Wildman–Crippen LogP) is 1.91. The Bertz CT molecular complexity index is 253. The predicted molar refractivity (Wildman–Crippen MR) is 82.9 cm³/mol. The average molecular weight is 436 g/mol. The topological polar surface area (TPSA) is 9.23 Å². The molecule has 0 amide bonds. The van der Waals surface area contributed by atoms with Gasteiger partial charge in [-0.15, -0.1) is 0 Å². The molecule has 1 unspecified atom stereocenters. The molecule has 2 saturated carbocycles. The lowest BCUT2D eigenvalue weighted by Crippen LogP contribution is -2.37. The minimum atomic E-state index is 0.316. The van der Waals surface area contributed by atoms with Crippen molar-refractivity contribution in [3.63, 3.8) is 0 Å². The quantitative estimate of drug-likeness (QED) is 0.302. The fourth-order valence-corrected chi connectivity index (χ4v) is 7.23. The Morgan fingerprint density at radius 3 is 2.57 bits per heavy atom. The molecule has 0 N–H and O–H groups in total. The second-order valence-electron chi connectivity index (χ2n) is 4.71. The summed E-state index contributed by atoms with van der Waals surface area (Å²) in [7, 11) is 2.12. The maximum Gasteiger partial charge on any atom is 0.138 e. The van der Waals surface area contributed by atoms with Crippen LogP contribution < -0.4 is 0 Å². The normalized spacial score (nSPS) is 58.2. The van der Waals surface area contributed by atoms with Crippen LogP contribution in [0.2, 0.25) is 0 Å². The van der Waals surface area contributed by atoms with Crippen molar-refractivity contribution in [3.8, 4) is 0 Å². The van der Waals surface area contributed by atoms with E-state index in [-0.39, 0.29) is 0 Å². The number of hydrogen-bond donors (Lipinski definition) is 1. The number of ether oxygens (including phenoxy) is 1. The highest BCUT2D eigenvalue weighted by Crippen LogP contribution is 2.69. The van der Waals surface area contributed by atoms with Crippen LogP contribution in [0.15, 0.2) is 0 Å². The molecule has 1 nitrogen and oxygen atoms in total. The fourth-order valence-electron chi connectivity index (χ4n) is 2.62. The molecular formula is C9H15BI2OS. The molecule has 0 aliphatic heterocycles. The van der Waals surface area contributed by atoms with E-state index in [2.05, 4.69) is 79.5 Å². The van der Waals surface area contributed by atoms with Gasteiger partial charge in [0.1, 0.15) is 7.85 Å². The Morgan fingerprint density at radius 2 is 2.14 bits per heavy atom. The van der Waals surface area contributed by atoms with Crippen LogP contribution in [0.25, 0.3) is 0 Å². The number of alkyl halides is 2. The van der Waals surface area contributed by atoms with E-state index in [9.17, 15) is 0 Å². The van der Waals surface area contributed by atoms with Gasteiger partial charge in [-0.3, -0.25) is 0 Å². The van der Waals surface area contributed by atoms with Crippen LogP contribution in [0.5, 0.6) is 0 Å². The van der Waals surface area contributed by atoms with Gasteiger partial charge < -0.3 is 4.74 Å².